The molecule has 20 heavy (non-hydrogen) atoms. The minimum atomic E-state index is -0.516. The lowest BCUT2D eigenvalue weighted by Gasteiger charge is -2.12. The van der Waals surface area contributed by atoms with Gasteiger partial charge in [0.15, 0.2) is 5.58 Å². The number of benzene rings is 2. The van der Waals surface area contributed by atoms with Crippen molar-refractivity contribution in [3.8, 4) is 0 Å². The number of hydrogen-bond acceptors (Lipinski definition) is 2. The zero-order valence-corrected chi connectivity index (χ0v) is 12.3. The second kappa shape index (κ2) is 5.07. The summed E-state index contributed by atoms with van der Waals surface area (Å²) in [6.45, 7) is 0. The molecule has 0 saturated carbocycles. The Kier molecular flexibility index (Phi) is 3.40. The van der Waals surface area contributed by atoms with Crippen LogP contribution in [0.4, 0.5) is 4.39 Å². The summed E-state index contributed by atoms with van der Waals surface area (Å²) in [6.07, 6.45) is 0. The van der Waals surface area contributed by atoms with E-state index in [1.165, 1.54) is 12.1 Å². The number of halogens is 3. The van der Waals surface area contributed by atoms with E-state index < -0.39 is 5.76 Å². The van der Waals surface area contributed by atoms with Gasteiger partial charge in [-0.3, -0.25) is 4.98 Å². The number of fused-ring (bicyclic) bond motifs is 1. The number of oxazole rings is 1. The minimum absolute atomic E-state index is 0.355. The molecule has 3 nitrogen and oxygen atoms in total. The molecule has 1 heterocycles. The van der Waals surface area contributed by atoms with Crippen molar-refractivity contribution in [3.63, 3.8) is 0 Å². The van der Waals surface area contributed by atoms with Gasteiger partial charge in [0, 0.05) is 10.6 Å². The second-order valence-corrected chi connectivity index (χ2v) is 5.65. The van der Waals surface area contributed by atoms with Crippen molar-refractivity contribution in [3.05, 3.63) is 68.9 Å². The summed E-state index contributed by atoms with van der Waals surface area (Å²) >= 11 is 9.34. The summed E-state index contributed by atoms with van der Waals surface area (Å²) in [6, 6.07) is 9.57. The van der Waals surface area contributed by atoms with E-state index in [-0.39, 0.29) is 10.6 Å². The van der Waals surface area contributed by atoms with Gasteiger partial charge in [-0.15, -0.1) is 0 Å². The zero-order valence-electron chi connectivity index (χ0n) is 9.99. The fraction of sp³-hybridized carbons (Fsp3) is 0.0714. The molecule has 2 aromatic carbocycles. The van der Waals surface area contributed by atoms with Gasteiger partial charge in [0.1, 0.15) is 5.82 Å². The predicted molar refractivity (Wildman–Crippen MR) is 79.0 cm³/mol. The molecule has 0 aliphatic rings. The summed E-state index contributed by atoms with van der Waals surface area (Å²) in [5.41, 5.74) is 2.22. The first kappa shape index (κ1) is 13.4. The third-order valence-corrected chi connectivity index (χ3v) is 4.23. The first-order valence-electron chi connectivity index (χ1n) is 5.76. The number of aromatic amines is 1. The standard InChI is InChI=1S/C14H8BrClFNO2/c15-13(9-6-8(16)2-3-10(9)17)7-1-4-11-12(5-7)20-14(19)18-11/h1-6,13H,(H,18,19). The Morgan fingerprint density at radius 1 is 1.25 bits per heavy atom. The number of aromatic nitrogens is 1. The third-order valence-electron chi connectivity index (χ3n) is 2.97. The van der Waals surface area contributed by atoms with Gasteiger partial charge in [0.2, 0.25) is 0 Å². The van der Waals surface area contributed by atoms with Gasteiger partial charge in [-0.25, -0.2) is 9.18 Å². The van der Waals surface area contributed by atoms with Crippen LogP contribution >= 0.6 is 27.5 Å². The Morgan fingerprint density at radius 3 is 2.85 bits per heavy atom. The summed E-state index contributed by atoms with van der Waals surface area (Å²) in [5, 5.41) is 0.458. The zero-order chi connectivity index (χ0) is 14.3. The van der Waals surface area contributed by atoms with E-state index in [4.69, 9.17) is 16.0 Å². The van der Waals surface area contributed by atoms with Gasteiger partial charge in [-0.05, 0) is 35.9 Å². The largest absolute Gasteiger partial charge is 0.417 e. The molecule has 0 aliphatic carbocycles. The van der Waals surface area contributed by atoms with Crippen molar-refractivity contribution in [2.75, 3.05) is 0 Å². The lowest BCUT2D eigenvalue weighted by atomic mass is 10.0. The fourth-order valence-corrected chi connectivity index (χ4v) is 2.82. The summed E-state index contributed by atoms with van der Waals surface area (Å²) in [7, 11) is 0. The topological polar surface area (TPSA) is 46.0 Å². The molecule has 3 rings (SSSR count). The molecule has 6 heteroatoms. The Bertz CT molecular complexity index is 843. The molecule has 0 aliphatic heterocycles. The second-order valence-electron chi connectivity index (χ2n) is 4.30. The Labute approximate surface area is 126 Å². The Hall–Kier alpha value is -1.59. The first-order chi connectivity index (χ1) is 9.54. The van der Waals surface area contributed by atoms with Gasteiger partial charge >= 0.3 is 5.76 Å². The van der Waals surface area contributed by atoms with E-state index in [0.717, 1.165) is 5.56 Å². The van der Waals surface area contributed by atoms with Crippen LogP contribution in [-0.4, -0.2) is 4.98 Å². The van der Waals surface area contributed by atoms with Gasteiger partial charge < -0.3 is 4.42 Å². The van der Waals surface area contributed by atoms with Gasteiger partial charge in [0.25, 0.3) is 0 Å². The smallest absolute Gasteiger partial charge is 0.408 e. The molecule has 102 valence electrons. The highest BCUT2D eigenvalue weighted by molar-refractivity contribution is 9.09. The van der Waals surface area contributed by atoms with E-state index in [2.05, 4.69) is 20.9 Å². The maximum atomic E-state index is 13.9. The van der Waals surface area contributed by atoms with E-state index in [9.17, 15) is 9.18 Å². The van der Waals surface area contributed by atoms with Crippen LogP contribution in [0.3, 0.4) is 0 Å². The van der Waals surface area contributed by atoms with Crippen LogP contribution in [0.25, 0.3) is 11.1 Å². The van der Waals surface area contributed by atoms with Crippen LogP contribution < -0.4 is 5.76 Å². The lowest BCUT2D eigenvalue weighted by molar-refractivity contribution is 0.555. The van der Waals surface area contributed by atoms with Crippen molar-refractivity contribution in [1.82, 2.24) is 4.98 Å². The molecule has 1 aromatic heterocycles. The molecule has 1 unspecified atom stereocenters. The predicted octanol–water partition coefficient (Wildman–Crippen LogP) is 4.40. The molecule has 0 saturated heterocycles. The highest BCUT2D eigenvalue weighted by Gasteiger charge is 2.16. The van der Waals surface area contributed by atoms with Crippen molar-refractivity contribution in [2.45, 2.75) is 4.83 Å². The SMILES string of the molecule is O=c1[nH]c2ccc(C(Br)c3cc(Cl)ccc3F)cc2o1. The van der Waals surface area contributed by atoms with E-state index >= 15 is 0 Å². The van der Waals surface area contributed by atoms with Crippen molar-refractivity contribution in [2.24, 2.45) is 0 Å². The van der Waals surface area contributed by atoms with Crippen LogP contribution in [0.5, 0.6) is 0 Å². The average molecular weight is 357 g/mol. The highest BCUT2D eigenvalue weighted by Crippen LogP contribution is 2.34. The van der Waals surface area contributed by atoms with E-state index in [0.29, 0.717) is 21.7 Å². The Balaban J connectivity index is 2.09. The monoisotopic (exact) mass is 355 g/mol. The van der Waals surface area contributed by atoms with Crippen LogP contribution in [0, 0.1) is 5.82 Å². The van der Waals surface area contributed by atoms with Crippen LogP contribution in [0.2, 0.25) is 5.02 Å². The molecular formula is C14H8BrClFNO2. The van der Waals surface area contributed by atoms with Crippen LogP contribution in [0.15, 0.2) is 45.6 Å². The number of rotatable bonds is 2. The van der Waals surface area contributed by atoms with E-state index in [1.807, 2.05) is 0 Å². The van der Waals surface area contributed by atoms with Crippen molar-refractivity contribution in [1.29, 1.82) is 0 Å². The van der Waals surface area contributed by atoms with Crippen molar-refractivity contribution < 1.29 is 8.81 Å². The molecule has 1 N–H and O–H groups in total. The number of H-pyrrole nitrogens is 1. The number of hydrogen-bond donors (Lipinski definition) is 1. The van der Waals surface area contributed by atoms with Crippen LogP contribution in [0.1, 0.15) is 16.0 Å². The van der Waals surface area contributed by atoms with Gasteiger partial charge in [-0.1, -0.05) is 33.6 Å². The molecule has 3 aromatic rings. The maximum Gasteiger partial charge on any atom is 0.417 e. The number of nitrogens with one attached hydrogen (secondary N) is 1. The van der Waals surface area contributed by atoms with Gasteiger partial charge in [-0.2, -0.15) is 0 Å². The molecule has 0 bridgehead atoms. The quantitative estimate of drug-likeness (QED) is 0.692. The van der Waals surface area contributed by atoms with Gasteiger partial charge in [0.05, 0.1) is 10.3 Å². The summed E-state index contributed by atoms with van der Waals surface area (Å²) < 4.78 is 18.9. The fourth-order valence-electron chi connectivity index (χ4n) is 2.01. The molecule has 0 fully saturated rings. The highest BCUT2D eigenvalue weighted by atomic mass is 79.9. The average Bonchev–Trinajstić information content (AvgIpc) is 2.79. The summed E-state index contributed by atoms with van der Waals surface area (Å²) in [5.74, 6) is -0.871. The molecule has 0 amide bonds. The maximum absolute atomic E-state index is 13.9. The molecule has 1 atom stereocenters. The van der Waals surface area contributed by atoms with Crippen LogP contribution in [-0.2, 0) is 0 Å². The Morgan fingerprint density at radius 2 is 2.05 bits per heavy atom. The summed E-state index contributed by atoms with van der Waals surface area (Å²) in [4.78, 5) is 13.3. The normalized spacial score (nSPS) is 12.8. The van der Waals surface area contributed by atoms with E-state index in [1.54, 1.807) is 24.3 Å². The molecule has 0 radical (unpaired) electrons. The first-order valence-corrected chi connectivity index (χ1v) is 7.06. The number of alkyl halides is 1. The third kappa shape index (κ3) is 2.39. The molecular weight excluding hydrogens is 349 g/mol. The van der Waals surface area contributed by atoms with Crippen molar-refractivity contribution >= 4 is 38.6 Å². The lowest BCUT2D eigenvalue weighted by Crippen LogP contribution is -1.96. The molecule has 0 spiro atoms. The minimum Gasteiger partial charge on any atom is -0.408 e.